The Kier molecular flexibility index (Phi) is 8.45. The first-order valence-corrected chi connectivity index (χ1v) is 14.6. The van der Waals surface area contributed by atoms with Crippen LogP contribution in [-0.2, 0) is 14.8 Å². The van der Waals surface area contributed by atoms with Crippen LogP contribution in [0.5, 0.6) is 5.75 Å². The summed E-state index contributed by atoms with van der Waals surface area (Å²) in [6, 6.07) is 16.3. The van der Waals surface area contributed by atoms with Gasteiger partial charge in [-0.25, -0.2) is 18.1 Å². The molecule has 0 radical (unpaired) electrons. The summed E-state index contributed by atoms with van der Waals surface area (Å²) in [6.07, 6.45) is 3.37. The third-order valence-electron chi connectivity index (χ3n) is 6.06. The fourth-order valence-corrected chi connectivity index (χ4v) is 6.26. The normalized spacial score (nSPS) is 15.5. The van der Waals surface area contributed by atoms with E-state index in [0.29, 0.717) is 53.8 Å². The molecule has 0 saturated carbocycles. The lowest BCUT2D eigenvalue weighted by atomic mass is 10.2. The number of hydrogen-bond donors (Lipinski definition) is 0. The van der Waals surface area contributed by atoms with Crippen LogP contribution < -0.4 is 9.54 Å². The van der Waals surface area contributed by atoms with Gasteiger partial charge in [0.05, 0.1) is 35.2 Å². The summed E-state index contributed by atoms with van der Waals surface area (Å²) in [7, 11) is -3.63. The van der Waals surface area contributed by atoms with Crippen LogP contribution in [0.3, 0.4) is 0 Å². The van der Waals surface area contributed by atoms with Crippen molar-refractivity contribution in [2.75, 3.05) is 26.3 Å². The molecule has 0 spiro atoms. The van der Waals surface area contributed by atoms with Gasteiger partial charge in [-0.15, -0.1) is 11.3 Å². The van der Waals surface area contributed by atoms with Gasteiger partial charge in [0.25, 0.3) is 0 Å². The number of aromatic nitrogens is 2. The molecule has 1 aliphatic heterocycles. The Labute approximate surface area is 233 Å². The zero-order valence-corrected chi connectivity index (χ0v) is 23.0. The second kappa shape index (κ2) is 12.2. The van der Waals surface area contributed by atoms with Crippen molar-refractivity contribution in [2.45, 2.75) is 18.4 Å². The predicted molar refractivity (Wildman–Crippen MR) is 147 cm³/mol. The van der Waals surface area contributed by atoms with Gasteiger partial charge in [0.2, 0.25) is 14.8 Å². The molecule has 1 fully saturated rings. The molecular weight excluding hydrogens is 560 g/mol. The number of morpholine rings is 1. The molecule has 13 heteroatoms. The number of alkyl halides is 2. The number of nitrogens with zero attached hydrogens (tertiary/aromatic N) is 5. The number of thiazole rings is 1. The van der Waals surface area contributed by atoms with E-state index in [2.05, 4.69) is 9.72 Å². The molecule has 9 nitrogen and oxygen atoms in total. The minimum Gasteiger partial charge on any atom is -0.435 e. The van der Waals surface area contributed by atoms with Crippen molar-refractivity contribution in [3.8, 4) is 17.0 Å². The molecule has 3 heterocycles. The molecule has 0 aliphatic carbocycles. The van der Waals surface area contributed by atoms with Crippen LogP contribution in [0.15, 0.2) is 93.4 Å². The van der Waals surface area contributed by atoms with Gasteiger partial charge >= 0.3 is 6.61 Å². The largest absolute Gasteiger partial charge is 0.435 e. The first kappa shape index (κ1) is 27.8. The van der Waals surface area contributed by atoms with E-state index >= 15 is 0 Å². The van der Waals surface area contributed by atoms with Gasteiger partial charge in [0, 0.05) is 42.0 Å². The highest BCUT2D eigenvalue weighted by Gasteiger charge is 2.26. The summed E-state index contributed by atoms with van der Waals surface area (Å²) in [5.41, 5.74) is 3.43. The van der Waals surface area contributed by atoms with Crippen LogP contribution in [0.4, 0.5) is 14.5 Å². The molecule has 2 aromatic carbocycles. The van der Waals surface area contributed by atoms with E-state index in [4.69, 9.17) is 14.8 Å². The van der Waals surface area contributed by atoms with Crippen LogP contribution in [0.25, 0.3) is 11.3 Å². The van der Waals surface area contributed by atoms with Gasteiger partial charge in [-0.1, -0.05) is 6.07 Å². The van der Waals surface area contributed by atoms with Crippen molar-refractivity contribution in [1.82, 2.24) is 14.0 Å². The van der Waals surface area contributed by atoms with Crippen molar-refractivity contribution in [3.63, 3.8) is 0 Å². The molecule has 0 amide bonds. The average molecular weight is 586 g/mol. The quantitative estimate of drug-likeness (QED) is 0.278. The molecule has 208 valence electrons. The second-order valence-corrected chi connectivity index (χ2v) is 11.4. The van der Waals surface area contributed by atoms with Gasteiger partial charge in [0.15, 0.2) is 0 Å². The predicted octanol–water partition coefficient (Wildman–Crippen LogP) is 4.74. The van der Waals surface area contributed by atoms with Crippen molar-refractivity contribution in [1.29, 1.82) is 0 Å². The van der Waals surface area contributed by atoms with Gasteiger partial charge in [-0.2, -0.15) is 18.2 Å². The van der Waals surface area contributed by atoms with E-state index in [1.54, 1.807) is 41.3 Å². The van der Waals surface area contributed by atoms with E-state index in [9.17, 15) is 17.2 Å². The number of hydrogen-bond acceptors (Lipinski definition) is 8. The van der Waals surface area contributed by atoms with Crippen molar-refractivity contribution in [2.24, 2.45) is 10.1 Å². The maximum atomic E-state index is 13.0. The minimum atomic E-state index is -3.63. The highest BCUT2D eigenvalue weighted by molar-refractivity contribution is 7.89. The molecular formula is C27H25F2N5O4S2. The maximum absolute atomic E-state index is 13.0. The Hall–Kier alpha value is -3.78. The Bertz CT molecular complexity index is 1650. The summed E-state index contributed by atoms with van der Waals surface area (Å²) in [5.74, 6) is 0.0487. The van der Waals surface area contributed by atoms with Gasteiger partial charge < -0.3 is 9.47 Å². The number of pyridine rings is 1. The van der Waals surface area contributed by atoms with E-state index in [-0.39, 0.29) is 10.6 Å². The zero-order chi connectivity index (χ0) is 28.1. The fourth-order valence-electron chi connectivity index (χ4n) is 4.00. The third-order valence-corrected chi connectivity index (χ3v) is 8.79. The lowest BCUT2D eigenvalue weighted by Crippen LogP contribution is -2.40. The lowest BCUT2D eigenvalue weighted by molar-refractivity contribution is -0.0498. The van der Waals surface area contributed by atoms with Crippen LogP contribution in [0.2, 0.25) is 0 Å². The number of halogens is 2. The molecule has 2 aromatic heterocycles. The highest BCUT2D eigenvalue weighted by atomic mass is 32.2. The van der Waals surface area contributed by atoms with Crippen LogP contribution in [0.1, 0.15) is 12.5 Å². The number of rotatable bonds is 8. The number of ether oxygens (including phenoxy) is 2. The Morgan fingerprint density at radius 3 is 2.45 bits per heavy atom. The fraction of sp³-hybridized carbons (Fsp3) is 0.222. The number of benzene rings is 2. The Balaban J connectivity index is 1.53. The molecule has 1 aliphatic rings. The van der Waals surface area contributed by atoms with Crippen LogP contribution in [-0.4, -0.2) is 61.0 Å². The smallest absolute Gasteiger partial charge is 0.387 e. The molecule has 0 N–H and O–H groups in total. The van der Waals surface area contributed by atoms with Gasteiger partial charge in [0.1, 0.15) is 5.75 Å². The van der Waals surface area contributed by atoms with Crippen molar-refractivity contribution in [3.05, 3.63) is 88.8 Å². The third kappa shape index (κ3) is 6.33. The highest BCUT2D eigenvalue weighted by Crippen LogP contribution is 2.25. The van der Waals surface area contributed by atoms with Crippen LogP contribution in [0, 0.1) is 0 Å². The first-order valence-electron chi connectivity index (χ1n) is 12.3. The van der Waals surface area contributed by atoms with Crippen molar-refractivity contribution >= 4 is 32.8 Å². The molecule has 4 aromatic rings. The summed E-state index contributed by atoms with van der Waals surface area (Å²) in [6.45, 7) is 0.304. The summed E-state index contributed by atoms with van der Waals surface area (Å²) < 4.78 is 64.0. The summed E-state index contributed by atoms with van der Waals surface area (Å²) >= 11 is 1.33. The average Bonchev–Trinajstić information content (AvgIpc) is 3.36. The van der Waals surface area contributed by atoms with Gasteiger partial charge in [-0.3, -0.25) is 4.98 Å². The number of sulfonamides is 1. The molecule has 0 unspecified atom stereocenters. The van der Waals surface area contributed by atoms with E-state index in [1.165, 1.54) is 39.9 Å². The van der Waals surface area contributed by atoms with E-state index in [0.717, 1.165) is 5.56 Å². The molecule has 40 heavy (non-hydrogen) atoms. The molecule has 1 saturated heterocycles. The second-order valence-electron chi connectivity index (χ2n) is 8.67. The SMILES string of the molecule is C/C(=N/n1c(-c2ccc(OC(F)F)cc2)csc1=Nc1ccc(S(=O)(=O)N2CCOCC2)cc1)c1cccnc1. The Morgan fingerprint density at radius 2 is 1.80 bits per heavy atom. The summed E-state index contributed by atoms with van der Waals surface area (Å²) in [5, 5.41) is 6.66. The zero-order valence-electron chi connectivity index (χ0n) is 21.4. The minimum absolute atomic E-state index is 0.0487. The first-order chi connectivity index (χ1) is 19.3. The monoisotopic (exact) mass is 585 g/mol. The molecule has 0 bridgehead atoms. The molecule has 5 rings (SSSR count). The van der Waals surface area contributed by atoms with E-state index < -0.39 is 16.6 Å². The topological polar surface area (TPSA) is 98.4 Å². The van der Waals surface area contributed by atoms with Crippen molar-refractivity contribution < 1.29 is 26.7 Å². The van der Waals surface area contributed by atoms with Crippen LogP contribution >= 0.6 is 11.3 Å². The summed E-state index contributed by atoms with van der Waals surface area (Å²) in [4.78, 5) is 9.60. The standard InChI is InChI=1S/C27H25F2N5O4S2/c1-19(21-3-2-12-30-17-21)32-34-25(20-4-8-23(9-5-20)38-26(28)29)18-39-27(34)31-22-6-10-24(11-7-22)40(35,36)33-13-15-37-16-14-33/h2-12,17-18,26H,13-16H2,1H3/b31-27?,32-19-. The lowest BCUT2D eigenvalue weighted by Gasteiger charge is -2.26. The molecule has 0 atom stereocenters. The maximum Gasteiger partial charge on any atom is 0.387 e. The van der Waals surface area contributed by atoms with E-state index in [1.807, 2.05) is 24.4 Å². The van der Waals surface area contributed by atoms with Gasteiger partial charge in [-0.05, 0) is 61.5 Å². The Morgan fingerprint density at radius 1 is 1.07 bits per heavy atom.